The minimum atomic E-state index is -1.07. The number of carbonyl (C=O) groups excluding carboxylic acids is 2. The third-order valence-electron chi connectivity index (χ3n) is 9.56. The maximum absolute atomic E-state index is 14.1. The van der Waals surface area contributed by atoms with E-state index in [2.05, 4.69) is 5.32 Å². The lowest BCUT2D eigenvalue weighted by molar-refractivity contribution is -0.141. The minimum absolute atomic E-state index is 0.0120. The highest BCUT2D eigenvalue weighted by Gasteiger charge is 2.52. The highest BCUT2D eigenvalue weighted by Crippen LogP contribution is 2.51. The molecule has 1 aromatic rings. The van der Waals surface area contributed by atoms with Gasteiger partial charge in [-0.3, -0.25) is 9.59 Å². The maximum atomic E-state index is 14.1. The topological polar surface area (TPSA) is 129 Å². The summed E-state index contributed by atoms with van der Waals surface area (Å²) in [5.41, 5.74) is 1.67. The molecule has 9 nitrogen and oxygen atoms in total. The highest BCUT2D eigenvalue weighted by atomic mass is 16.5. The Labute approximate surface area is 242 Å². The molecular weight excluding hydrogens is 524 g/mol. The van der Waals surface area contributed by atoms with Crippen molar-refractivity contribution < 1.29 is 34.4 Å². The number of methoxy groups -OCH3 is 1. The summed E-state index contributed by atoms with van der Waals surface area (Å²) in [6, 6.07) is 2.75. The molecular formula is C32H46N2O7. The van der Waals surface area contributed by atoms with Crippen LogP contribution in [0.5, 0.6) is 11.5 Å². The van der Waals surface area contributed by atoms with Crippen molar-refractivity contribution in [1.82, 2.24) is 10.2 Å². The Morgan fingerprint density at radius 3 is 2.41 bits per heavy atom. The van der Waals surface area contributed by atoms with Gasteiger partial charge in [0.2, 0.25) is 11.8 Å². The molecule has 1 aliphatic heterocycles. The second kappa shape index (κ2) is 13.6. The predicted octanol–water partition coefficient (Wildman–Crippen LogP) is 3.33. The van der Waals surface area contributed by atoms with Crippen molar-refractivity contribution in [2.75, 3.05) is 20.3 Å². The monoisotopic (exact) mass is 570 g/mol. The van der Waals surface area contributed by atoms with Gasteiger partial charge in [-0.1, -0.05) is 51.4 Å². The molecule has 1 heterocycles. The number of benzene rings is 1. The minimum Gasteiger partial charge on any atom is -0.493 e. The van der Waals surface area contributed by atoms with Crippen molar-refractivity contribution in [2.45, 2.75) is 114 Å². The lowest BCUT2D eigenvalue weighted by Crippen LogP contribution is -2.58. The SMILES string of the molecule is COc1cc(CO)cc2c1OC1C2C(C(=O)NCCO)=CC(N(C(=O)CCC2CCCC2)C2CCCCCC2)C1O. The molecule has 2 fully saturated rings. The van der Waals surface area contributed by atoms with Gasteiger partial charge in [0, 0.05) is 30.1 Å². The summed E-state index contributed by atoms with van der Waals surface area (Å²) in [6.07, 6.45) is 12.1. The molecule has 2 amide bonds. The molecule has 41 heavy (non-hydrogen) atoms. The van der Waals surface area contributed by atoms with Crippen LogP contribution in [0.3, 0.4) is 0 Å². The molecule has 0 bridgehead atoms. The third kappa shape index (κ3) is 6.27. The molecule has 2 saturated carbocycles. The van der Waals surface area contributed by atoms with E-state index in [0.717, 1.165) is 44.9 Å². The number of fused-ring (bicyclic) bond motifs is 3. The predicted molar refractivity (Wildman–Crippen MR) is 154 cm³/mol. The van der Waals surface area contributed by atoms with Gasteiger partial charge in [0.05, 0.1) is 32.3 Å². The van der Waals surface area contributed by atoms with Crippen LogP contribution in [0.2, 0.25) is 0 Å². The van der Waals surface area contributed by atoms with Gasteiger partial charge >= 0.3 is 0 Å². The Hall–Kier alpha value is -2.62. The highest BCUT2D eigenvalue weighted by molar-refractivity contribution is 5.96. The average Bonchev–Trinajstić information content (AvgIpc) is 3.57. The van der Waals surface area contributed by atoms with Gasteiger partial charge in [0.1, 0.15) is 12.2 Å². The largest absolute Gasteiger partial charge is 0.493 e. The van der Waals surface area contributed by atoms with E-state index in [1.807, 2.05) is 4.90 Å². The van der Waals surface area contributed by atoms with Crippen LogP contribution in [-0.4, -0.2) is 76.6 Å². The molecule has 1 aromatic carbocycles. The molecule has 0 spiro atoms. The van der Waals surface area contributed by atoms with Gasteiger partial charge < -0.3 is 35.0 Å². The van der Waals surface area contributed by atoms with Crippen molar-refractivity contribution in [2.24, 2.45) is 5.92 Å². The molecule has 4 unspecified atom stereocenters. The molecule has 9 heteroatoms. The van der Waals surface area contributed by atoms with Crippen molar-refractivity contribution in [3.05, 3.63) is 34.9 Å². The van der Waals surface area contributed by atoms with Crippen molar-refractivity contribution in [3.63, 3.8) is 0 Å². The van der Waals surface area contributed by atoms with Crippen LogP contribution in [0.15, 0.2) is 23.8 Å². The number of nitrogens with one attached hydrogen (secondary N) is 1. The first kappa shape index (κ1) is 29.9. The van der Waals surface area contributed by atoms with Crippen LogP contribution in [-0.2, 0) is 16.2 Å². The van der Waals surface area contributed by atoms with Crippen LogP contribution in [0.1, 0.15) is 94.1 Å². The quantitative estimate of drug-likeness (QED) is 0.318. The van der Waals surface area contributed by atoms with E-state index in [9.17, 15) is 24.9 Å². The summed E-state index contributed by atoms with van der Waals surface area (Å²) < 4.78 is 11.9. The molecule has 5 rings (SSSR count). The first-order chi connectivity index (χ1) is 20.0. The third-order valence-corrected chi connectivity index (χ3v) is 9.56. The Morgan fingerprint density at radius 1 is 1.05 bits per heavy atom. The number of hydrogen-bond donors (Lipinski definition) is 4. The van der Waals surface area contributed by atoms with E-state index in [1.165, 1.54) is 32.8 Å². The van der Waals surface area contributed by atoms with Crippen LogP contribution < -0.4 is 14.8 Å². The van der Waals surface area contributed by atoms with Gasteiger partial charge in [-0.05, 0) is 49.0 Å². The summed E-state index contributed by atoms with van der Waals surface area (Å²) in [4.78, 5) is 29.5. The number of ether oxygens (including phenoxy) is 2. The number of carbonyl (C=O) groups is 2. The van der Waals surface area contributed by atoms with Crippen molar-refractivity contribution >= 4 is 11.8 Å². The normalized spacial score (nSPS) is 26.4. The van der Waals surface area contributed by atoms with E-state index in [1.54, 1.807) is 18.2 Å². The van der Waals surface area contributed by atoms with Crippen molar-refractivity contribution in [3.8, 4) is 11.5 Å². The first-order valence-electron chi connectivity index (χ1n) is 15.5. The fourth-order valence-corrected chi connectivity index (χ4v) is 7.49. The Balaban J connectivity index is 1.54. The number of amides is 2. The second-order valence-corrected chi connectivity index (χ2v) is 12.2. The Bertz CT molecular complexity index is 1110. The zero-order chi connectivity index (χ0) is 28.9. The molecule has 4 aliphatic rings. The van der Waals surface area contributed by atoms with Crippen LogP contribution in [0, 0.1) is 5.92 Å². The second-order valence-electron chi connectivity index (χ2n) is 12.2. The van der Waals surface area contributed by atoms with Crippen LogP contribution in [0.25, 0.3) is 0 Å². The number of hydrogen-bond acceptors (Lipinski definition) is 7. The lowest BCUT2D eigenvalue weighted by Gasteiger charge is -2.44. The summed E-state index contributed by atoms with van der Waals surface area (Å²) >= 11 is 0. The smallest absolute Gasteiger partial charge is 0.247 e. The lowest BCUT2D eigenvalue weighted by atomic mass is 9.76. The number of nitrogens with zero attached hydrogens (tertiary/aromatic N) is 1. The van der Waals surface area contributed by atoms with Gasteiger partial charge in [-0.15, -0.1) is 0 Å². The van der Waals surface area contributed by atoms with E-state index < -0.39 is 24.2 Å². The summed E-state index contributed by atoms with van der Waals surface area (Å²) in [7, 11) is 1.52. The van der Waals surface area contributed by atoms with E-state index in [-0.39, 0.29) is 37.6 Å². The first-order valence-corrected chi connectivity index (χ1v) is 15.5. The summed E-state index contributed by atoms with van der Waals surface area (Å²) in [5.74, 6) is 0.497. The molecule has 0 radical (unpaired) electrons. The number of aliphatic hydroxyl groups is 3. The Kier molecular flexibility index (Phi) is 9.88. The van der Waals surface area contributed by atoms with Gasteiger partial charge in [0.25, 0.3) is 0 Å². The Morgan fingerprint density at radius 2 is 1.76 bits per heavy atom. The molecule has 3 aliphatic carbocycles. The average molecular weight is 571 g/mol. The summed E-state index contributed by atoms with van der Waals surface area (Å²) in [6.45, 7) is -0.337. The zero-order valence-corrected chi connectivity index (χ0v) is 24.2. The maximum Gasteiger partial charge on any atom is 0.247 e. The molecule has 0 saturated heterocycles. The van der Waals surface area contributed by atoms with Crippen molar-refractivity contribution in [1.29, 1.82) is 0 Å². The van der Waals surface area contributed by atoms with Gasteiger partial charge in [-0.25, -0.2) is 0 Å². The van der Waals surface area contributed by atoms with Gasteiger partial charge in [0.15, 0.2) is 11.5 Å². The van der Waals surface area contributed by atoms with E-state index in [0.29, 0.717) is 40.5 Å². The molecule has 4 atom stereocenters. The number of aliphatic hydroxyl groups excluding tert-OH is 3. The zero-order valence-electron chi connectivity index (χ0n) is 24.2. The van der Waals surface area contributed by atoms with Gasteiger partial charge in [-0.2, -0.15) is 0 Å². The van der Waals surface area contributed by atoms with E-state index >= 15 is 0 Å². The summed E-state index contributed by atoms with van der Waals surface area (Å²) in [5, 5.41) is 34.0. The standard InChI is InChI=1S/C32H46N2O7/c1-40-26-17-21(19-36)16-23-28-24(32(39)33-14-15-35)18-25(29(38)31(28)41-30(23)26)34(22-10-4-2-3-5-11-22)27(37)13-12-20-8-6-7-9-20/h16-18,20,22,25,28-29,31,35-36,38H,2-15,19H2,1H3,(H,33,39). The molecule has 4 N–H and O–H groups in total. The van der Waals surface area contributed by atoms with E-state index in [4.69, 9.17) is 9.47 Å². The van der Waals surface area contributed by atoms with Crippen LogP contribution in [0.4, 0.5) is 0 Å². The fourth-order valence-electron chi connectivity index (χ4n) is 7.49. The van der Waals surface area contributed by atoms with Crippen LogP contribution >= 0.6 is 0 Å². The fraction of sp³-hybridized carbons (Fsp3) is 0.688. The molecule has 0 aromatic heterocycles. The molecule has 226 valence electrons. The number of rotatable bonds is 10.